The third-order valence-electron chi connectivity index (χ3n) is 2.44. The summed E-state index contributed by atoms with van der Waals surface area (Å²) in [5.74, 6) is -3.90. The van der Waals surface area contributed by atoms with Crippen molar-refractivity contribution < 1.29 is 33.4 Å². The number of carboxylic acid groups (broad SMARTS) is 1. The Bertz CT molecular complexity index is 626. The number of carbonyl (C=O) groups is 3. The van der Waals surface area contributed by atoms with E-state index in [0.29, 0.717) is 6.08 Å². The van der Waals surface area contributed by atoms with Crippen LogP contribution in [0.4, 0.5) is 10.1 Å². The minimum atomic E-state index is -1.49. The Hall–Kier alpha value is -2.90. The van der Waals surface area contributed by atoms with Crippen LogP contribution >= 0.6 is 0 Å². The quantitative estimate of drug-likeness (QED) is 0.607. The van der Waals surface area contributed by atoms with Crippen molar-refractivity contribution in [2.24, 2.45) is 0 Å². The van der Waals surface area contributed by atoms with Gasteiger partial charge in [0, 0.05) is 0 Å². The van der Waals surface area contributed by atoms with Gasteiger partial charge in [-0.05, 0) is 25.1 Å². The molecule has 7 nitrogen and oxygen atoms in total. The van der Waals surface area contributed by atoms with Gasteiger partial charge in [0.2, 0.25) is 0 Å². The SMILES string of the molecule is CCOC(=O)/C=C(/Nc1cc(C(=O)OC)ccc1F)C(=O)O. The number of methoxy groups -OCH3 is 1. The predicted molar refractivity (Wildman–Crippen MR) is 73.7 cm³/mol. The van der Waals surface area contributed by atoms with Gasteiger partial charge >= 0.3 is 17.9 Å². The van der Waals surface area contributed by atoms with Crippen molar-refractivity contribution in [1.29, 1.82) is 0 Å². The number of ether oxygens (including phenoxy) is 2. The number of carboxylic acids is 1. The van der Waals surface area contributed by atoms with Gasteiger partial charge < -0.3 is 19.9 Å². The van der Waals surface area contributed by atoms with Gasteiger partial charge in [0.05, 0.1) is 31.0 Å². The normalized spacial score (nSPS) is 10.8. The molecule has 0 aliphatic rings. The first-order chi connectivity index (χ1) is 10.4. The van der Waals surface area contributed by atoms with E-state index in [2.05, 4.69) is 14.8 Å². The molecule has 0 radical (unpaired) electrons. The van der Waals surface area contributed by atoms with E-state index in [-0.39, 0.29) is 17.9 Å². The van der Waals surface area contributed by atoms with Crippen LogP contribution in [-0.4, -0.2) is 36.7 Å². The molecule has 118 valence electrons. The zero-order valence-corrected chi connectivity index (χ0v) is 11.9. The second kappa shape index (κ2) is 7.77. The maximum atomic E-state index is 13.7. The van der Waals surface area contributed by atoms with E-state index >= 15 is 0 Å². The lowest BCUT2D eigenvalue weighted by Gasteiger charge is -2.09. The van der Waals surface area contributed by atoms with Crippen LogP contribution in [0.5, 0.6) is 0 Å². The van der Waals surface area contributed by atoms with Gasteiger partial charge in [-0.15, -0.1) is 0 Å². The fourth-order valence-corrected chi connectivity index (χ4v) is 1.46. The first kappa shape index (κ1) is 17.2. The molecule has 0 aromatic heterocycles. The monoisotopic (exact) mass is 311 g/mol. The predicted octanol–water partition coefficient (Wildman–Crippen LogP) is 1.56. The van der Waals surface area contributed by atoms with Crippen LogP contribution in [0.25, 0.3) is 0 Å². The molecule has 0 spiro atoms. The minimum Gasteiger partial charge on any atom is -0.477 e. The maximum Gasteiger partial charge on any atom is 0.352 e. The van der Waals surface area contributed by atoms with Crippen LogP contribution in [0.3, 0.4) is 0 Å². The van der Waals surface area contributed by atoms with Gasteiger partial charge in [0.15, 0.2) is 0 Å². The summed E-state index contributed by atoms with van der Waals surface area (Å²) in [6.07, 6.45) is 0.677. The van der Waals surface area contributed by atoms with Crippen molar-refractivity contribution >= 4 is 23.6 Å². The number of hydrogen-bond donors (Lipinski definition) is 2. The molecule has 8 heteroatoms. The number of aliphatic carboxylic acids is 1. The summed E-state index contributed by atoms with van der Waals surface area (Å²) in [6.45, 7) is 1.62. The highest BCUT2D eigenvalue weighted by Gasteiger charge is 2.15. The third-order valence-corrected chi connectivity index (χ3v) is 2.44. The van der Waals surface area contributed by atoms with Crippen LogP contribution in [0.15, 0.2) is 30.0 Å². The fourth-order valence-electron chi connectivity index (χ4n) is 1.46. The number of rotatable bonds is 6. The molecule has 2 N–H and O–H groups in total. The molecule has 0 aliphatic carbocycles. The lowest BCUT2D eigenvalue weighted by molar-refractivity contribution is -0.138. The lowest BCUT2D eigenvalue weighted by Crippen LogP contribution is -2.15. The topological polar surface area (TPSA) is 102 Å². The summed E-state index contributed by atoms with van der Waals surface area (Å²) in [5.41, 5.74) is -0.868. The van der Waals surface area contributed by atoms with E-state index < -0.39 is 29.4 Å². The summed E-state index contributed by atoms with van der Waals surface area (Å²) in [5, 5.41) is 11.2. The molecule has 1 aromatic carbocycles. The summed E-state index contributed by atoms with van der Waals surface area (Å²) >= 11 is 0. The molecule has 0 heterocycles. The second-order valence-corrected chi connectivity index (χ2v) is 3.93. The van der Waals surface area contributed by atoms with E-state index in [1.165, 1.54) is 6.07 Å². The fraction of sp³-hybridized carbons (Fsp3) is 0.214. The number of hydrogen-bond acceptors (Lipinski definition) is 6. The summed E-state index contributed by atoms with van der Waals surface area (Å²) in [6, 6.07) is 3.23. The first-order valence-corrected chi connectivity index (χ1v) is 6.15. The van der Waals surface area contributed by atoms with Crippen molar-refractivity contribution in [3.63, 3.8) is 0 Å². The minimum absolute atomic E-state index is 0.0206. The zero-order chi connectivity index (χ0) is 16.7. The third kappa shape index (κ3) is 4.58. The molecule has 0 unspecified atom stereocenters. The highest BCUT2D eigenvalue weighted by Crippen LogP contribution is 2.19. The van der Waals surface area contributed by atoms with Gasteiger partial charge in [-0.25, -0.2) is 18.8 Å². The molecule has 0 atom stereocenters. The largest absolute Gasteiger partial charge is 0.477 e. The number of anilines is 1. The summed E-state index contributed by atoms with van der Waals surface area (Å²) in [4.78, 5) is 33.7. The Morgan fingerprint density at radius 3 is 2.59 bits per heavy atom. The first-order valence-electron chi connectivity index (χ1n) is 6.15. The van der Waals surface area contributed by atoms with Crippen LogP contribution < -0.4 is 5.32 Å². The van der Waals surface area contributed by atoms with Crippen LogP contribution in [0, 0.1) is 5.82 Å². The maximum absolute atomic E-state index is 13.7. The van der Waals surface area contributed by atoms with E-state index in [1.54, 1.807) is 6.92 Å². The number of nitrogens with one attached hydrogen (secondary N) is 1. The summed E-state index contributed by atoms with van der Waals surface area (Å²) in [7, 11) is 1.15. The van der Waals surface area contributed by atoms with Crippen molar-refractivity contribution in [2.45, 2.75) is 6.92 Å². The Labute approximate surface area is 125 Å². The number of benzene rings is 1. The van der Waals surface area contributed by atoms with Gasteiger partial charge in [0.1, 0.15) is 11.5 Å². The van der Waals surface area contributed by atoms with Crippen LogP contribution in [-0.2, 0) is 19.1 Å². The number of carbonyl (C=O) groups excluding carboxylic acids is 2. The van der Waals surface area contributed by atoms with E-state index in [1.807, 2.05) is 0 Å². The number of esters is 2. The average molecular weight is 311 g/mol. The van der Waals surface area contributed by atoms with Gasteiger partial charge in [-0.3, -0.25) is 0 Å². The van der Waals surface area contributed by atoms with Crippen molar-refractivity contribution in [3.05, 3.63) is 41.4 Å². The summed E-state index contributed by atoms with van der Waals surface area (Å²) < 4.78 is 22.8. The Morgan fingerprint density at radius 2 is 2.05 bits per heavy atom. The van der Waals surface area contributed by atoms with Crippen molar-refractivity contribution in [1.82, 2.24) is 0 Å². The molecule has 0 bridgehead atoms. The van der Waals surface area contributed by atoms with Gasteiger partial charge in [0.25, 0.3) is 0 Å². The number of halogens is 1. The molecule has 0 fully saturated rings. The average Bonchev–Trinajstić information content (AvgIpc) is 2.47. The zero-order valence-electron chi connectivity index (χ0n) is 11.9. The van der Waals surface area contributed by atoms with Crippen LogP contribution in [0.1, 0.15) is 17.3 Å². The molecule has 22 heavy (non-hydrogen) atoms. The molecular weight excluding hydrogens is 297 g/mol. The van der Waals surface area contributed by atoms with Crippen molar-refractivity contribution in [3.8, 4) is 0 Å². The Balaban J connectivity index is 3.11. The lowest BCUT2D eigenvalue weighted by atomic mass is 10.2. The molecular formula is C14H14FNO6. The van der Waals surface area contributed by atoms with E-state index in [4.69, 9.17) is 5.11 Å². The molecule has 0 amide bonds. The molecule has 0 saturated heterocycles. The highest BCUT2D eigenvalue weighted by molar-refractivity contribution is 5.98. The highest BCUT2D eigenvalue weighted by atomic mass is 19.1. The van der Waals surface area contributed by atoms with Gasteiger partial charge in [-0.1, -0.05) is 0 Å². The smallest absolute Gasteiger partial charge is 0.352 e. The second-order valence-electron chi connectivity index (χ2n) is 3.93. The molecule has 1 aromatic rings. The standard InChI is InChI=1S/C14H14FNO6/c1-3-22-12(17)7-11(13(18)19)16-10-6-8(14(20)21-2)4-5-9(10)15/h4-7,16H,3H2,1-2H3,(H,18,19)/b11-7+. The Morgan fingerprint density at radius 1 is 1.36 bits per heavy atom. The molecule has 0 saturated carbocycles. The van der Waals surface area contributed by atoms with Crippen LogP contribution in [0.2, 0.25) is 0 Å². The van der Waals surface area contributed by atoms with E-state index in [9.17, 15) is 18.8 Å². The van der Waals surface area contributed by atoms with Crippen molar-refractivity contribution in [2.75, 3.05) is 19.0 Å². The van der Waals surface area contributed by atoms with Gasteiger partial charge in [-0.2, -0.15) is 0 Å². The molecule has 0 aliphatic heterocycles. The Kier molecular flexibility index (Phi) is 6.06. The molecule has 1 rings (SSSR count). The van der Waals surface area contributed by atoms with E-state index in [0.717, 1.165) is 19.2 Å².